The van der Waals surface area contributed by atoms with E-state index in [1.54, 1.807) is 12.1 Å². The van der Waals surface area contributed by atoms with Crippen LogP contribution in [0.4, 0.5) is 13.2 Å². The highest BCUT2D eigenvalue weighted by Crippen LogP contribution is 2.43. The minimum absolute atomic E-state index is 0.0582. The molecular formula is C30H40F3NO3. The zero-order valence-electron chi connectivity index (χ0n) is 22.3. The van der Waals surface area contributed by atoms with Gasteiger partial charge in [-0.1, -0.05) is 32.0 Å². The Kier molecular flexibility index (Phi) is 9.04. The highest BCUT2D eigenvalue weighted by molar-refractivity contribution is 5.89. The van der Waals surface area contributed by atoms with Gasteiger partial charge in [0.05, 0.1) is 12.7 Å². The Balaban J connectivity index is 1.58. The van der Waals surface area contributed by atoms with Crippen molar-refractivity contribution in [3.8, 4) is 5.75 Å². The first-order chi connectivity index (χ1) is 17.7. The summed E-state index contributed by atoms with van der Waals surface area (Å²) < 4.78 is 54.0. The molecule has 37 heavy (non-hydrogen) atoms. The second-order valence-electron chi connectivity index (χ2n) is 10.9. The molecule has 0 amide bonds. The second-order valence-corrected chi connectivity index (χ2v) is 10.9. The molecule has 1 saturated heterocycles. The van der Waals surface area contributed by atoms with Gasteiger partial charge in [-0.15, -0.1) is 0 Å². The number of alkyl halides is 3. The van der Waals surface area contributed by atoms with Crippen molar-refractivity contribution in [3.63, 3.8) is 0 Å². The van der Waals surface area contributed by atoms with Gasteiger partial charge in [-0.3, -0.25) is 9.69 Å². The third-order valence-electron chi connectivity index (χ3n) is 8.07. The molecule has 1 saturated carbocycles. The largest absolute Gasteiger partial charge is 0.490 e. The number of hydrogen-bond donors (Lipinski definition) is 0. The number of benzene rings is 2. The van der Waals surface area contributed by atoms with E-state index in [1.807, 2.05) is 19.1 Å². The van der Waals surface area contributed by atoms with E-state index in [1.165, 1.54) is 6.07 Å². The van der Waals surface area contributed by atoms with Crippen LogP contribution in [0.1, 0.15) is 89.3 Å². The first kappa shape index (κ1) is 27.7. The maximum atomic E-state index is 14.3. The van der Waals surface area contributed by atoms with E-state index in [9.17, 15) is 18.0 Å². The molecular weight excluding hydrogens is 479 g/mol. The minimum Gasteiger partial charge on any atom is -0.490 e. The summed E-state index contributed by atoms with van der Waals surface area (Å²) in [5.41, 5.74) is 0.338. The van der Waals surface area contributed by atoms with Crippen LogP contribution in [0.3, 0.4) is 0 Å². The summed E-state index contributed by atoms with van der Waals surface area (Å²) in [6, 6.07) is 8.72. The van der Waals surface area contributed by atoms with E-state index in [-0.39, 0.29) is 35.2 Å². The summed E-state index contributed by atoms with van der Waals surface area (Å²) in [6.07, 6.45) is 2.11. The number of ether oxygens (including phenoxy) is 2. The Labute approximate surface area is 218 Å². The van der Waals surface area contributed by atoms with Gasteiger partial charge in [0.25, 0.3) is 0 Å². The standard InChI is InChI=1S/C30H40F3NO3/c1-4-26(34-16-6-7-21(19-34)17-28(35)36-5-2)23-10-14-25-22(18-23)11-15-27(29(25)30(31,32)33)37-24-12-8-20(3)9-13-24/h10-11,14-15,18,20-21,24,26H,4-9,12-13,16-17,19H2,1-3H3/t20?,21-,24?,26?/m1/s1. The molecule has 2 atom stereocenters. The summed E-state index contributed by atoms with van der Waals surface area (Å²) in [6.45, 7) is 8.18. The number of carbonyl (C=O) groups excluding carboxylic acids is 1. The molecule has 0 N–H and O–H groups in total. The number of carbonyl (C=O) groups is 1. The van der Waals surface area contributed by atoms with Gasteiger partial charge in [-0.05, 0) is 98.7 Å². The summed E-state index contributed by atoms with van der Waals surface area (Å²) >= 11 is 0. The van der Waals surface area contributed by atoms with Crippen LogP contribution in [0, 0.1) is 11.8 Å². The quantitative estimate of drug-likeness (QED) is 0.332. The van der Waals surface area contributed by atoms with Crippen LogP contribution in [-0.2, 0) is 15.7 Å². The number of esters is 1. The Bertz CT molecular complexity index is 1060. The first-order valence-electron chi connectivity index (χ1n) is 13.9. The molecule has 0 bridgehead atoms. The van der Waals surface area contributed by atoms with E-state index >= 15 is 0 Å². The Morgan fingerprint density at radius 1 is 1.08 bits per heavy atom. The topological polar surface area (TPSA) is 38.8 Å². The lowest BCUT2D eigenvalue weighted by Crippen LogP contribution is -2.39. The van der Waals surface area contributed by atoms with Crippen LogP contribution in [0.15, 0.2) is 30.3 Å². The molecule has 4 rings (SSSR count). The average Bonchev–Trinajstić information content (AvgIpc) is 2.85. The summed E-state index contributed by atoms with van der Waals surface area (Å²) in [7, 11) is 0. The number of fused-ring (bicyclic) bond motifs is 1. The smallest absolute Gasteiger partial charge is 0.420 e. The third kappa shape index (κ3) is 6.78. The monoisotopic (exact) mass is 519 g/mol. The van der Waals surface area contributed by atoms with Crippen LogP contribution in [-0.4, -0.2) is 36.7 Å². The van der Waals surface area contributed by atoms with Crippen molar-refractivity contribution in [2.75, 3.05) is 19.7 Å². The maximum absolute atomic E-state index is 14.3. The van der Waals surface area contributed by atoms with E-state index < -0.39 is 11.7 Å². The third-order valence-corrected chi connectivity index (χ3v) is 8.07. The lowest BCUT2D eigenvalue weighted by Gasteiger charge is -2.38. The molecule has 2 fully saturated rings. The molecule has 2 aromatic rings. The van der Waals surface area contributed by atoms with E-state index in [2.05, 4.69) is 18.7 Å². The van der Waals surface area contributed by atoms with Gasteiger partial charge in [-0.2, -0.15) is 13.2 Å². The summed E-state index contributed by atoms with van der Waals surface area (Å²) in [5.74, 6) is 0.621. The minimum atomic E-state index is -4.50. The van der Waals surface area contributed by atoms with Crippen molar-refractivity contribution in [1.29, 1.82) is 0 Å². The van der Waals surface area contributed by atoms with Crippen LogP contribution in [0.25, 0.3) is 10.8 Å². The molecule has 2 aromatic carbocycles. The van der Waals surface area contributed by atoms with Crippen LogP contribution < -0.4 is 4.74 Å². The fourth-order valence-corrected chi connectivity index (χ4v) is 6.16. The Morgan fingerprint density at radius 2 is 1.84 bits per heavy atom. The van der Waals surface area contributed by atoms with Gasteiger partial charge in [0.15, 0.2) is 0 Å². The van der Waals surface area contributed by atoms with Gasteiger partial charge in [0, 0.05) is 19.0 Å². The fourth-order valence-electron chi connectivity index (χ4n) is 6.16. The predicted molar refractivity (Wildman–Crippen MR) is 140 cm³/mol. The number of likely N-dealkylation sites (tertiary alicyclic amines) is 1. The molecule has 0 radical (unpaired) electrons. The average molecular weight is 520 g/mol. The van der Waals surface area contributed by atoms with E-state index in [0.717, 1.165) is 63.6 Å². The Morgan fingerprint density at radius 3 is 2.51 bits per heavy atom. The van der Waals surface area contributed by atoms with E-state index in [4.69, 9.17) is 9.47 Å². The number of nitrogens with zero attached hydrogens (tertiary/aromatic N) is 1. The molecule has 1 unspecified atom stereocenters. The lowest BCUT2D eigenvalue weighted by molar-refractivity contribution is -0.144. The molecule has 1 aliphatic heterocycles. The molecule has 0 spiro atoms. The van der Waals surface area contributed by atoms with Crippen molar-refractivity contribution in [2.45, 2.75) is 90.5 Å². The molecule has 4 nitrogen and oxygen atoms in total. The summed E-state index contributed by atoms with van der Waals surface area (Å²) in [4.78, 5) is 14.4. The summed E-state index contributed by atoms with van der Waals surface area (Å²) in [5, 5.41) is 0.764. The maximum Gasteiger partial charge on any atom is 0.420 e. The van der Waals surface area contributed by atoms with Gasteiger partial charge in [0.1, 0.15) is 11.3 Å². The molecule has 1 heterocycles. The lowest BCUT2D eigenvalue weighted by atomic mass is 9.89. The predicted octanol–water partition coefficient (Wildman–Crippen LogP) is 7.93. The van der Waals surface area contributed by atoms with Gasteiger partial charge in [0.2, 0.25) is 0 Å². The molecule has 0 aromatic heterocycles. The van der Waals surface area contributed by atoms with Crippen LogP contribution in [0.2, 0.25) is 0 Å². The second kappa shape index (κ2) is 12.1. The van der Waals surface area contributed by atoms with E-state index in [0.29, 0.717) is 24.3 Å². The van der Waals surface area contributed by atoms with Crippen molar-refractivity contribution < 1.29 is 27.4 Å². The van der Waals surface area contributed by atoms with Crippen molar-refractivity contribution in [3.05, 3.63) is 41.5 Å². The van der Waals surface area contributed by atoms with Crippen molar-refractivity contribution >= 4 is 16.7 Å². The van der Waals surface area contributed by atoms with Crippen molar-refractivity contribution in [2.24, 2.45) is 11.8 Å². The number of piperidine rings is 1. The normalized spacial score (nSPS) is 24.1. The van der Waals surface area contributed by atoms with Gasteiger partial charge >= 0.3 is 12.1 Å². The number of halogens is 3. The SMILES string of the molecule is CCOC(=O)C[C@H]1CCCN(C(CC)c2ccc3c(C(F)(F)F)c(OC4CCC(C)CC4)ccc3c2)C1. The highest BCUT2D eigenvalue weighted by Gasteiger charge is 2.37. The van der Waals surface area contributed by atoms with Gasteiger partial charge < -0.3 is 9.47 Å². The molecule has 2 aliphatic rings. The van der Waals surface area contributed by atoms with Crippen molar-refractivity contribution in [1.82, 2.24) is 4.90 Å². The number of hydrogen-bond acceptors (Lipinski definition) is 4. The zero-order chi connectivity index (χ0) is 26.6. The molecule has 7 heteroatoms. The molecule has 1 aliphatic carbocycles. The fraction of sp³-hybridized carbons (Fsp3) is 0.633. The van der Waals surface area contributed by atoms with Crippen LogP contribution >= 0.6 is 0 Å². The Hall–Kier alpha value is -2.28. The highest BCUT2D eigenvalue weighted by atomic mass is 19.4. The first-order valence-corrected chi connectivity index (χ1v) is 13.9. The zero-order valence-corrected chi connectivity index (χ0v) is 22.3. The van der Waals surface area contributed by atoms with Crippen LogP contribution in [0.5, 0.6) is 5.75 Å². The van der Waals surface area contributed by atoms with Gasteiger partial charge in [-0.25, -0.2) is 0 Å². The molecule has 204 valence electrons. The number of rotatable bonds is 8.